The average Bonchev–Trinajstić information content (AvgIpc) is 2.61. The highest BCUT2D eigenvalue weighted by Crippen LogP contribution is 2.16. The van der Waals surface area contributed by atoms with Crippen LogP contribution in [-0.2, 0) is 11.3 Å². The lowest BCUT2D eigenvalue weighted by Crippen LogP contribution is -2.45. The molecule has 1 aromatic carbocycles. The first-order valence-corrected chi connectivity index (χ1v) is 9.54. The molecular weight excluding hydrogens is 439 g/mol. The van der Waals surface area contributed by atoms with Crippen molar-refractivity contribution in [3.63, 3.8) is 0 Å². The number of hydrogen-bond acceptors (Lipinski definition) is 2. The number of carbonyl (C=O) groups excluding carboxylic acids is 1. The minimum atomic E-state index is 0. The van der Waals surface area contributed by atoms with E-state index in [4.69, 9.17) is 4.99 Å². The predicted octanol–water partition coefficient (Wildman–Crippen LogP) is 4.24. The van der Waals surface area contributed by atoms with Gasteiger partial charge >= 0.3 is 0 Å². The SMILES string of the molecule is CCCC(=O)Nc1ccc(CN=C(NCC)N2CCC(C)CC2)cc1.I. The Balaban J connectivity index is 0.00000338. The summed E-state index contributed by atoms with van der Waals surface area (Å²) in [6.45, 7) is 10.1. The molecule has 1 aliphatic rings. The number of anilines is 1. The number of amides is 1. The average molecular weight is 472 g/mol. The minimum Gasteiger partial charge on any atom is -0.357 e. The minimum absolute atomic E-state index is 0. The number of piperidine rings is 1. The predicted molar refractivity (Wildman–Crippen MR) is 120 cm³/mol. The highest BCUT2D eigenvalue weighted by Gasteiger charge is 2.18. The summed E-state index contributed by atoms with van der Waals surface area (Å²) in [5, 5.41) is 6.32. The van der Waals surface area contributed by atoms with Crippen LogP contribution in [0.3, 0.4) is 0 Å². The van der Waals surface area contributed by atoms with Crippen LogP contribution < -0.4 is 10.6 Å². The summed E-state index contributed by atoms with van der Waals surface area (Å²) in [4.78, 5) is 18.8. The highest BCUT2D eigenvalue weighted by atomic mass is 127. The largest absolute Gasteiger partial charge is 0.357 e. The van der Waals surface area contributed by atoms with Gasteiger partial charge in [-0.1, -0.05) is 26.0 Å². The van der Waals surface area contributed by atoms with Crippen LogP contribution in [0.5, 0.6) is 0 Å². The third-order valence-electron chi connectivity index (χ3n) is 4.54. The van der Waals surface area contributed by atoms with Gasteiger partial charge in [0.1, 0.15) is 0 Å². The number of halogens is 1. The molecule has 0 radical (unpaired) electrons. The third-order valence-corrected chi connectivity index (χ3v) is 4.54. The Kier molecular flexibility index (Phi) is 10.6. The zero-order valence-corrected chi connectivity index (χ0v) is 18.6. The first-order chi connectivity index (χ1) is 12.1. The third kappa shape index (κ3) is 7.51. The molecule has 1 aliphatic heterocycles. The van der Waals surface area contributed by atoms with E-state index < -0.39 is 0 Å². The molecule has 1 fully saturated rings. The molecule has 6 heteroatoms. The Morgan fingerprint density at radius 1 is 1.19 bits per heavy atom. The van der Waals surface area contributed by atoms with E-state index in [-0.39, 0.29) is 29.9 Å². The van der Waals surface area contributed by atoms with Crippen LogP contribution in [0.25, 0.3) is 0 Å². The van der Waals surface area contributed by atoms with E-state index in [9.17, 15) is 4.79 Å². The first kappa shape index (κ1) is 22.7. The van der Waals surface area contributed by atoms with Crippen molar-refractivity contribution in [3.8, 4) is 0 Å². The van der Waals surface area contributed by atoms with Gasteiger partial charge in [-0.15, -0.1) is 24.0 Å². The van der Waals surface area contributed by atoms with E-state index in [0.717, 1.165) is 49.2 Å². The van der Waals surface area contributed by atoms with Crippen LogP contribution in [0.15, 0.2) is 29.3 Å². The van der Waals surface area contributed by atoms with Crippen molar-refractivity contribution < 1.29 is 4.79 Å². The molecule has 146 valence electrons. The van der Waals surface area contributed by atoms with Gasteiger partial charge in [0.05, 0.1) is 6.54 Å². The van der Waals surface area contributed by atoms with Gasteiger partial charge in [-0.2, -0.15) is 0 Å². The lowest BCUT2D eigenvalue weighted by Gasteiger charge is -2.33. The Labute approximate surface area is 175 Å². The fourth-order valence-electron chi connectivity index (χ4n) is 2.96. The zero-order chi connectivity index (χ0) is 18.1. The summed E-state index contributed by atoms with van der Waals surface area (Å²) in [6, 6.07) is 7.97. The molecule has 0 atom stereocenters. The van der Waals surface area contributed by atoms with Crippen LogP contribution in [0.4, 0.5) is 5.69 Å². The second-order valence-corrected chi connectivity index (χ2v) is 6.83. The molecule has 5 nitrogen and oxygen atoms in total. The van der Waals surface area contributed by atoms with Crippen molar-refractivity contribution in [2.24, 2.45) is 10.9 Å². The molecule has 0 saturated carbocycles. The second kappa shape index (κ2) is 12.1. The van der Waals surface area contributed by atoms with Gasteiger partial charge in [-0.25, -0.2) is 4.99 Å². The van der Waals surface area contributed by atoms with Crippen molar-refractivity contribution >= 4 is 41.5 Å². The molecule has 1 aromatic rings. The standard InChI is InChI=1S/C20H32N4O.HI/c1-4-6-19(25)23-18-9-7-17(8-10-18)15-22-20(21-5-2)24-13-11-16(3)12-14-24;/h7-10,16H,4-6,11-15H2,1-3H3,(H,21,22)(H,23,25);1H. The molecule has 1 saturated heterocycles. The number of benzene rings is 1. The lowest BCUT2D eigenvalue weighted by atomic mass is 10.00. The monoisotopic (exact) mass is 472 g/mol. The molecular formula is C20H33IN4O. The number of carbonyl (C=O) groups is 1. The number of nitrogens with one attached hydrogen (secondary N) is 2. The number of guanidine groups is 1. The van der Waals surface area contributed by atoms with Gasteiger partial charge < -0.3 is 15.5 Å². The van der Waals surface area contributed by atoms with Crippen LogP contribution >= 0.6 is 24.0 Å². The number of hydrogen-bond donors (Lipinski definition) is 2. The summed E-state index contributed by atoms with van der Waals surface area (Å²) < 4.78 is 0. The molecule has 2 rings (SSSR count). The van der Waals surface area contributed by atoms with Crippen LogP contribution in [0.2, 0.25) is 0 Å². The molecule has 0 bridgehead atoms. The lowest BCUT2D eigenvalue weighted by molar-refractivity contribution is -0.116. The second-order valence-electron chi connectivity index (χ2n) is 6.83. The Morgan fingerprint density at radius 3 is 2.42 bits per heavy atom. The summed E-state index contributed by atoms with van der Waals surface area (Å²) in [5.41, 5.74) is 2.00. The van der Waals surface area contributed by atoms with Crippen LogP contribution in [0.1, 0.15) is 52.0 Å². The Morgan fingerprint density at radius 2 is 1.85 bits per heavy atom. The van der Waals surface area contributed by atoms with Crippen molar-refractivity contribution in [1.82, 2.24) is 10.2 Å². The fraction of sp³-hybridized carbons (Fsp3) is 0.600. The molecule has 26 heavy (non-hydrogen) atoms. The summed E-state index contributed by atoms with van der Waals surface area (Å²) >= 11 is 0. The van der Waals surface area contributed by atoms with E-state index in [1.54, 1.807) is 0 Å². The summed E-state index contributed by atoms with van der Waals surface area (Å²) in [7, 11) is 0. The summed E-state index contributed by atoms with van der Waals surface area (Å²) in [5.74, 6) is 1.89. The van der Waals surface area contributed by atoms with Crippen LogP contribution in [0, 0.1) is 5.92 Å². The number of aliphatic imine (C=N–C) groups is 1. The number of nitrogens with zero attached hydrogens (tertiary/aromatic N) is 2. The maximum atomic E-state index is 11.6. The van der Waals surface area contributed by atoms with Crippen molar-refractivity contribution in [2.45, 2.75) is 53.0 Å². The van der Waals surface area contributed by atoms with Crippen molar-refractivity contribution in [1.29, 1.82) is 0 Å². The van der Waals surface area contributed by atoms with E-state index in [1.165, 1.54) is 12.8 Å². The van der Waals surface area contributed by atoms with E-state index in [0.29, 0.717) is 13.0 Å². The van der Waals surface area contributed by atoms with Crippen LogP contribution in [-0.4, -0.2) is 36.4 Å². The van der Waals surface area contributed by atoms with Gasteiger partial charge in [-0.3, -0.25) is 4.79 Å². The number of likely N-dealkylation sites (tertiary alicyclic amines) is 1. The first-order valence-electron chi connectivity index (χ1n) is 9.54. The highest BCUT2D eigenvalue weighted by molar-refractivity contribution is 14.0. The molecule has 1 heterocycles. The molecule has 0 spiro atoms. The van der Waals surface area contributed by atoms with Gasteiger partial charge in [0.2, 0.25) is 5.91 Å². The normalized spacial score (nSPS) is 15.3. The van der Waals surface area contributed by atoms with Gasteiger partial charge in [0, 0.05) is 31.7 Å². The summed E-state index contributed by atoms with van der Waals surface area (Å²) in [6.07, 6.45) is 3.89. The molecule has 1 amide bonds. The smallest absolute Gasteiger partial charge is 0.224 e. The van der Waals surface area contributed by atoms with E-state index >= 15 is 0 Å². The van der Waals surface area contributed by atoms with E-state index in [1.807, 2.05) is 31.2 Å². The topological polar surface area (TPSA) is 56.7 Å². The molecule has 0 aromatic heterocycles. The fourth-order valence-corrected chi connectivity index (χ4v) is 2.96. The van der Waals surface area contributed by atoms with Gasteiger partial charge in [-0.05, 0) is 49.8 Å². The van der Waals surface area contributed by atoms with E-state index in [2.05, 4.69) is 29.4 Å². The maximum absolute atomic E-state index is 11.6. The Bertz CT molecular complexity index is 566. The van der Waals surface area contributed by atoms with Gasteiger partial charge in [0.15, 0.2) is 5.96 Å². The Hall–Kier alpha value is -1.31. The van der Waals surface area contributed by atoms with Crippen molar-refractivity contribution in [3.05, 3.63) is 29.8 Å². The molecule has 2 N–H and O–H groups in total. The number of rotatable bonds is 6. The quantitative estimate of drug-likeness (QED) is 0.370. The molecule has 0 unspecified atom stereocenters. The maximum Gasteiger partial charge on any atom is 0.224 e. The van der Waals surface area contributed by atoms with Crippen molar-refractivity contribution in [2.75, 3.05) is 25.0 Å². The van der Waals surface area contributed by atoms with Gasteiger partial charge in [0.25, 0.3) is 0 Å². The molecule has 0 aliphatic carbocycles. The zero-order valence-electron chi connectivity index (χ0n) is 16.3.